The molecule has 1 heterocycles. The molecule has 0 radical (unpaired) electrons. The lowest BCUT2D eigenvalue weighted by molar-refractivity contribution is 0.177. The summed E-state index contributed by atoms with van der Waals surface area (Å²) in [5.41, 5.74) is 5.87. The van der Waals surface area contributed by atoms with Crippen LogP contribution in [0.4, 0.5) is 0 Å². The van der Waals surface area contributed by atoms with E-state index in [0.29, 0.717) is 12.6 Å². The van der Waals surface area contributed by atoms with Crippen molar-refractivity contribution in [1.29, 1.82) is 0 Å². The summed E-state index contributed by atoms with van der Waals surface area (Å²) < 4.78 is 7.37. The van der Waals surface area contributed by atoms with Crippen molar-refractivity contribution in [1.82, 2.24) is 4.90 Å². The van der Waals surface area contributed by atoms with E-state index in [1.165, 1.54) is 12.8 Å². The number of nitrogens with zero attached hydrogens (tertiary/aromatic N) is 1. The first-order valence-corrected chi connectivity index (χ1v) is 7.16. The van der Waals surface area contributed by atoms with Gasteiger partial charge in [0.1, 0.15) is 5.76 Å². The van der Waals surface area contributed by atoms with Crippen molar-refractivity contribution >= 4 is 31.9 Å². The third-order valence-electron chi connectivity index (χ3n) is 3.00. The second-order valence-electron chi connectivity index (χ2n) is 4.08. The summed E-state index contributed by atoms with van der Waals surface area (Å²) in [6.07, 6.45) is 2.57. The molecule has 0 bridgehead atoms. The molecule has 1 aromatic rings. The molecule has 1 aliphatic rings. The molecule has 0 amide bonds. The van der Waals surface area contributed by atoms with Crippen molar-refractivity contribution < 1.29 is 4.42 Å². The molecule has 3 nitrogen and oxygen atoms in total. The minimum atomic E-state index is 0.195. The van der Waals surface area contributed by atoms with E-state index in [9.17, 15) is 0 Å². The van der Waals surface area contributed by atoms with E-state index in [2.05, 4.69) is 43.7 Å². The highest BCUT2D eigenvalue weighted by Gasteiger charge is 2.34. The van der Waals surface area contributed by atoms with Crippen LogP contribution in [0.15, 0.2) is 19.6 Å². The fourth-order valence-electron chi connectivity index (χ4n) is 2.08. The number of halogens is 2. The summed E-state index contributed by atoms with van der Waals surface area (Å²) >= 11 is 6.80. The Kier molecular flexibility index (Phi) is 4.11. The molecule has 1 saturated carbocycles. The van der Waals surface area contributed by atoms with Crippen LogP contribution in [0.3, 0.4) is 0 Å². The number of rotatable bonds is 5. The van der Waals surface area contributed by atoms with Gasteiger partial charge in [-0.3, -0.25) is 4.90 Å². The quantitative estimate of drug-likeness (QED) is 0.885. The SMILES string of the molecule is CCN(C1CC1)C(CN)c1cc(Br)c(Br)o1. The van der Waals surface area contributed by atoms with E-state index in [1.54, 1.807) is 0 Å². The van der Waals surface area contributed by atoms with Crippen molar-refractivity contribution in [3.8, 4) is 0 Å². The van der Waals surface area contributed by atoms with Gasteiger partial charge in [0.2, 0.25) is 0 Å². The average molecular weight is 352 g/mol. The van der Waals surface area contributed by atoms with Crippen molar-refractivity contribution in [3.05, 3.63) is 21.0 Å². The fourth-order valence-corrected chi connectivity index (χ4v) is 2.69. The molecule has 2 rings (SSSR count). The van der Waals surface area contributed by atoms with Crippen LogP contribution in [0, 0.1) is 0 Å². The summed E-state index contributed by atoms with van der Waals surface area (Å²) in [7, 11) is 0. The molecule has 0 spiro atoms. The van der Waals surface area contributed by atoms with E-state index >= 15 is 0 Å². The Morgan fingerprint density at radius 3 is 2.62 bits per heavy atom. The highest BCUT2D eigenvalue weighted by molar-refractivity contribution is 9.13. The Labute approximate surface area is 113 Å². The van der Waals surface area contributed by atoms with Crippen LogP contribution >= 0.6 is 31.9 Å². The zero-order chi connectivity index (χ0) is 11.7. The van der Waals surface area contributed by atoms with E-state index in [0.717, 1.165) is 21.4 Å². The molecule has 2 N–H and O–H groups in total. The third kappa shape index (κ3) is 2.53. The van der Waals surface area contributed by atoms with Gasteiger partial charge in [0.05, 0.1) is 10.5 Å². The third-order valence-corrected chi connectivity index (χ3v) is 4.71. The molecule has 1 atom stereocenters. The minimum absolute atomic E-state index is 0.195. The number of hydrogen-bond acceptors (Lipinski definition) is 3. The molecule has 90 valence electrons. The molecular weight excluding hydrogens is 336 g/mol. The number of furan rings is 1. The highest BCUT2D eigenvalue weighted by Crippen LogP contribution is 2.37. The van der Waals surface area contributed by atoms with Gasteiger partial charge < -0.3 is 10.2 Å². The van der Waals surface area contributed by atoms with Crippen LogP contribution in [-0.4, -0.2) is 24.0 Å². The first-order valence-electron chi connectivity index (χ1n) is 5.57. The van der Waals surface area contributed by atoms with Crippen LogP contribution in [0.1, 0.15) is 31.6 Å². The second kappa shape index (κ2) is 5.21. The molecule has 1 fully saturated rings. The van der Waals surface area contributed by atoms with E-state index in [1.807, 2.05) is 6.07 Å². The molecular formula is C11H16Br2N2O. The Morgan fingerprint density at radius 2 is 2.25 bits per heavy atom. The summed E-state index contributed by atoms with van der Waals surface area (Å²) in [5, 5.41) is 0. The van der Waals surface area contributed by atoms with Gasteiger partial charge in [-0.05, 0) is 57.3 Å². The normalized spacial score (nSPS) is 18.1. The van der Waals surface area contributed by atoms with Gasteiger partial charge in [-0.25, -0.2) is 0 Å². The van der Waals surface area contributed by atoms with Gasteiger partial charge >= 0.3 is 0 Å². The molecule has 1 aromatic heterocycles. The zero-order valence-electron chi connectivity index (χ0n) is 9.25. The largest absolute Gasteiger partial charge is 0.451 e. The van der Waals surface area contributed by atoms with Crippen molar-refractivity contribution in [2.75, 3.05) is 13.1 Å². The molecule has 5 heteroatoms. The van der Waals surface area contributed by atoms with Crippen molar-refractivity contribution in [2.45, 2.75) is 31.8 Å². The Hall–Kier alpha value is 0.160. The van der Waals surface area contributed by atoms with Gasteiger partial charge in [-0.1, -0.05) is 6.92 Å². The lowest BCUT2D eigenvalue weighted by Gasteiger charge is -2.28. The monoisotopic (exact) mass is 350 g/mol. The van der Waals surface area contributed by atoms with Gasteiger partial charge in [-0.15, -0.1) is 0 Å². The van der Waals surface area contributed by atoms with E-state index in [4.69, 9.17) is 10.2 Å². The summed E-state index contributed by atoms with van der Waals surface area (Å²) in [4.78, 5) is 2.43. The molecule has 0 aliphatic heterocycles. The van der Waals surface area contributed by atoms with Crippen LogP contribution in [-0.2, 0) is 0 Å². The summed E-state index contributed by atoms with van der Waals surface area (Å²) in [6, 6.07) is 2.90. The summed E-state index contributed by atoms with van der Waals surface area (Å²) in [5.74, 6) is 0.940. The van der Waals surface area contributed by atoms with E-state index in [-0.39, 0.29) is 6.04 Å². The molecule has 1 aliphatic carbocycles. The molecule has 0 aromatic carbocycles. The maximum absolute atomic E-state index is 5.87. The van der Waals surface area contributed by atoms with Gasteiger partial charge in [-0.2, -0.15) is 0 Å². The van der Waals surface area contributed by atoms with Gasteiger partial charge in [0, 0.05) is 12.6 Å². The predicted molar refractivity (Wildman–Crippen MR) is 71.3 cm³/mol. The van der Waals surface area contributed by atoms with Crippen molar-refractivity contribution in [2.24, 2.45) is 5.73 Å². The standard InChI is InChI=1S/C11H16Br2N2O/c1-2-15(7-3-4-7)9(6-14)10-5-8(12)11(13)16-10/h5,7,9H,2-4,6,14H2,1H3. The lowest BCUT2D eigenvalue weighted by Crippen LogP contribution is -2.35. The number of hydrogen-bond donors (Lipinski definition) is 1. The minimum Gasteiger partial charge on any atom is -0.451 e. The lowest BCUT2D eigenvalue weighted by atomic mass is 10.2. The highest BCUT2D eigenvalue weighted by atomic mass is 79.9. The molecule has 0 saturated heterocycles. The Bertz CT molecular complexity index is 343. The van der Waals surface area contributed by atoms with E-state index < -0.39 is 0 Å². The molecule has 16 heavy (non-hydrogen) atoms. The van der Waals surface area contributed by atoms with Crippen LogP contribution < -0.4 is 5.73 Å². The Balaban J connectivity index is 2.20. The van der Waals surface area contributed by atoms with Gasteiger partial charge in [0.15, 0.2) is 4.67 Å². The Morgan fingerprint density at radius 1 is 1.56 bits per heavy atom. The maximum atomic E-state index is 5.87. The van der Waals surface area contributed by atoms with Crippen LogP contribution in [0.2, 0.25) is 0 Å². The van der Waals surface area contributed by atoms with Crippen LogP contribution in [0.5, 0.6) is 0 Å². The topological polar surface area (TPSA) is 42.4 Å². The summed E-state index contributed by atoms with van der Waals surface area (Å²) in [6.45, 7) is 3.78. The maximum Gasteiger partial charge on any atom is 0.183 e. The molecule has 1 unspecified atom stereocenters. The smallest absolute Gasteiger partial charge is 0.183 e. The van der Waals surface area contributed by atoms with Crippen LogP contribution in [0.25, 0.3) is 0 Å². The second-order valence-corrected chi connectivity index (χ2v) is 5.66. The average Bonchev–Trinajstić information content (AvgIpc) is 3.03. The fraction of sp³-hybridized carbons (Fsp3) is 0.636. The van der Waals surface area contributed by atoms with Gasteiger partial charge in [0.25, 0.3) is 0 Å². The first kappa shape index (κ1) is 12.6. The van der Waals surface area contributed by atoms with Crippen molar-refractivity contribution in [3.63, 3.8) is 0 Å². The predicted octanol–water partition coefficient (Wildman–Crippen LogP) is 3.29. The first-order chi connectivity index (χ1) is 7.67. The zero-order valence-corrected chi connectivity index (χ0v) is 12.4. The number of nitrogens with two attached hydrogens (primary N) is 1. The number of likely N-dealkylation sites (N-methyl/N-ethyl adjacent to an activating group) is 1.